The van der Waals surface area contributed by atoms with Crippen LogP contribution in [-0.4, -0.2) is 62.8 Å². The molecule has 0 spiro atoms. The number of piperazine rings is 1. The van der Waals surface area contributed by atoms with Gasteiger partial charge in [0, 0.05) is 38.4 Å². The SMILES string of the molecule is C=CC(=O)N1CCN(C(=O)Cc2ccc(C)c(F)c2)C[C@H]1C.CNc1ccc(S(N)(=O)=O)cc1. The summed E-state index contributed by atoms with van der Waals surface area (Å²) in [5, 5.41) is 7.77. The molecule has 0 saturated carbocycles. The first-order valence-electron chi connectivity index (χ1n) is 10.7. The van der Waals surface area contributed by atoms with Crippen molar-refractivity contribution >= 4 is 27.5 Å². The molecule has 2 aromatic rings. The van der Waals surface area contributed by atoms with Crippen LogP contribution in [0.4, 0.5) is 10.1 Å². The summed E-state index contributed by atoms with van der Waals surface area (Å²) in [6.45, 7) is 8.58. The number of halogens is 1. The van der Waals surface area contributed by atoms with Gasteiger partial charge in [0.25, 0.3) is 0 Å². The van der Waals surface area contributed by atoms with E-state index in [-0.39, 0.29) is 35.0 Å². The Morgan fingerprint density at radius 3 is 2.35 bits per heavy atom. The van der Waals surface area contributed by atoms with E-state index < -0.39 is 10.0 Å². The van der Waals surface area contributed by atoms with Crippen LogP contribution in [0.5, 0.6) is 0 Å². The molecular formula is C24H31FN4O4S. The molecule has 0 unspecified atom stereocenters. The fourth-order valence-corrected chi connectivity index (χ4v) is 3.99. The molecule has 34 heavy (non-hydrogen) atoms. The van der Waals surface area contributed by atoms with Crippen LogP contribution in [-0.2, 0) is 26.0 Å². The Morgan fingerprint density at radius 2 is 1.85 bits per heavy atom. The fourth-order valence-electron chi connectivity index (χ4n) is 3.47. The molecule has 1 aliphatic heterocycles. The molecule has 1 fully saturated rings. The van der Waals surface area contributed by atoms with Gasteiger partial charge in [-0.25, -0.2) is 17.9 Å². The quantitative estimate of drug-likeness (QED) is 0.625. The molecule has 0 bridgehead atoms. The van der Waals surface area contributed by atoms with Crippen LogP contribution >= 0.6 is 0 Å². The summed E-state index contributed by atoms with van der Waals surface area (Å²) in [7, 11) is -1.80. The maximum Gasteiger partial charge on any atom is 0.246 e. The molecule has 0 aliphatic carbocycles. The van der Waals surface area contributed by atoms with Gasteiger partial charge in [-0.1, -0.05) is 18.7 Å². The van der Waals surface area contributed by atoms with Gasteiger partial charge in [-0.3, -0.25) is 9.59 Å². The first kappa shape index (κ1) is 27.0. The molecular weight excluding hydrogens is 459 g/mol. The molecule has 3 rings (SSSR count). The minimum atomic E-state index is -3.56. The van der Waals surface area contributed by atoms with E-state index in [1.807, 2.05) is 6.92 Å². The lowest BCUT2D eigenvalue weighted by Gasteiger charge is -2.39. The van der Waals surface area contributed by atoms with Crippen LogP contribution in [0.1, 0.15) is 18.1 Å². The van der Waals surface area contributed by atoms with Crippen molar-refractivity contribution in [2.24, 2.45) is 5.14 Å². The lowest BCUT2D eigenvalue weighted by atomic mass is 10.1. The second-order valence-corrected chi connectivity index (χ2v) is 9.57. The molecule has 2 aromatic carbocycles. The van der Waals surface area contributed by atoms with Gasteiger partial charge in [0.15, 0.2) is 0 Å². The Kier molecular flexibility index (Phi) is 9.34. The Morgan fingerprint density at radius 1 is 1.21 bits per heavy atom. The third-order valence-electron chi connectivity index (χ3n) is 5.50. The third kappa shape index (κ3) is 7.39. The summed E-state index contributed by atoms with van der Waals surface area (Å²) < 4.78 is 35.1. The number of rotatable bonds is 5. The number of aryl methyl sites for hydroxylation is 1. The number of anilines is 1. The normalized spacial score (nSPS) is 15.7. The molecule has 8 nitrogen and oxygen atoms in total. The predicted octanol–water partition coefficient (Wildman–Crippen LogP) is 2.30. The second kappa shape index (κ2) is 11.8. The van der Waals surface area contributed by atoms with E-state index in [9.17, 15) is 22.4 Å². The lowest BCUT2D eigenvalue weighted by Crippen LogP contribution is -2.55. The highest BCUT2D eigenvalue weighted by Gasteiger charge is 2.28. The van der Waals surface area contributed by atoms with Crippen LogP contribution in [0.3, 0.4) is 0 Å². The number of nitrogens with zero attached hydrogens (tertiary/aromatic N) is 2. The lowest BCUT2D eigenvalue weighted by molar-refractivity contribution is -0.139. The van der Waals surface area contributed by atoms with E-state index in [4.69, 9.17) is 5.14 Å². The van der Waals surface area contributed by atoms with Gasteiger partial charge < -0.3 is 15.1 Å². The van der Waals surface area contributed by atoms with Gasteiger partial charge >= 0.3 is 0 Å². The number of carbonyl (C=O) groups is 2. The van der Waals surface area contributed by atoms with E-state index in [2.05, 4.69) is 11.9 Å². The summed E-state index contributed by atoms with van der Waals surface area (Å²) in [6.07, 6.45) is 1.47. The monoisotopic (exact) mass is 490 g/mol. The number of carbonyl (C=O) groups excluding carboxylic acids is 2. The Hall–Kier alpha value is -3.24. The predicted molar refractivity (Wildman–Crippen MR) is 130 cm³/mol. The van der Waals surface area contributed by atoms with Gasteiger partial charge in [0.1, 0.15) is 5.82 Å². The van der Waals surface area contributed by atoms with E-state index in [0.717, 1.165) is 5.69 Å². The molecule has 1 atom stereocenters. The molecule has 10 heteroatoms. The number of hydrogen-bond acceptors (Lipinski definition) is 5. The van der Waals surface area contributed by atoms with Crippen molar-refractivity contribution in [3.05, 3.63) is 72.1 Å². The average molecular weight is 491 g/mol. The smallest absolute Gasteiger partial charge is 0.246 e. The number of nitrogens with two attached hydrogens (primary N) is 1. The number of sulfonamides is 1. The van der Waals surface area contributed by atoms with Gasteiger partial charge in [-0.05, 0) is 61.4 Å². The minimum absolute atomic E-state index is 0.0409. The van der Waals surface area contributed by atoms with Crippen molar-refractivity contribution in [1.82, 2.24) is 9.80 Å². The van der Waals surface area contributed by atoms with Crippen molar-refractivity contribution in [1.29, 1.82) is 0 Å². The molecule has 0 radical (unpaired) electrons. The summed E-state index contributed by atoms with van der Waals surface area (Å²) >= 11 is 0. The van der Waals surface area contributed by atoms with Gasteiger partial charge in [-0.2, -0.15) is 0 Å². The second-order valence-electron chi connectivity index (χ2n) is 8.00. The molecule has 184 valence electrons. The largest absolute Gasteiger partial charge is 0.388 e. The van der Waals surface area contributed by atoms with E-state index in [1.54, 1.807) is 48.0 Å². The molecule has 3 N–H and O–H groups in total. The maximum absolute atomic E-state index is 13.5. The van der Waals surface area contributed by atoms with Crippen molar-refractivity contribution < 1.29 is 22.4 Å². The zero-order valence-electron chi connectivity index (χ0n) is 19.6. The van der Waals surface area contributed by atoms with Gasteiger partial charge in [0.2, 0.25) is 21.8 Å². The van der Waals surface area contributed by atoms with Crippen LogP contribution in [0, 0.1) is 12.7 Å². The maximum atomic E-state index is 13.5. The molecule has 2 amide bonds. The van der Waals surface area contributed by atoms with Crippen molar-refractivity contribution in [2.75, 3.05) is 32.0 Å². The highest BCUT2D eigenvalue weighted by Crippen LogP contribution is 2.14. The topological polar surface area (TPSA) is 113 Å². The Bertz CT molecular complexity index is 1140. The summed E-state index contributed by atoms with van der Waals surface area (Å²) in [6, 6.07) is 11.0. The van der Waals surface area contributed by atoms with E-state index in [1.165, 1.54) is 24.3 Å². The highest BCUT2D eigenvalue weighted by molar-refractivity contribution is 7.89. The third-order valence-corrected chi connectivity index (χ3v) is 6.43. The van der Waals surface area contributed by atoms with Crippen molar-refractivity contribution in [3.63, 3.8) is 0 Å². The molecule has 0 aromatic heterocycles. The minimum Gasteiger partial charge on any atom is -0.388 e. The Balaban J connectivity index is 0.000000287. The first-order chi connectivity index (χ1) is 16.0. The van der Waals surface area contributed by atoms with Crippen molar-refractivity contribution in [2.45, 2.75) is 31.2 Å². The number of primary sulfonamides is 1. The highest BCUT2D eigenvalue weighted by atomic mass is 32.2. The fraction of sp³-hybridized carbons (Fsp3) is 0.333. The number of nitrogens with one attached hydrogen (secondary N) is 1. The van der Waals surface area contributed by atoms with Crippen LogP contribution in [0.2, 0.25) is 0 Å². The first-order valence-corrected chi connectivity index (χ1v) is 12.3. The number of hydrogen-bond donors (Lipinski definition) is 2. The summed E-state index contributed by atoms with van der Waals surface area (Å²) in [5.41, 5.74) is 2.09. The van der Waals surface area contributed by atoms with Crippen LogP contribution in [0.25, 0.3) is 0 Å². The standard InChI is InChI=1S/C17H21FN2O2.C7H10N2O2S/c1-4-16(21)20-8-7-19(11-13(20)3)17(22)10-14-6-5-12(2)15(18)9-14;1-9-6-2-4-7(5-3-6)12(8,10)11/h4-6,9,13H,1,7-8,10-11H2,2-3H3;2-5,9H,1H3,(H2,8,10,11)/t13-;/m1./s1. The Labute approximate surface area is 200 Å². The van der Waals surface area contributed by atoms with Crippen molar-refractivity contribution in [3.8, 4) is 0 Å². The average Bonchev–Trinajstić information content (AvgIpc) is 2.80. The van der Waals surface area contributed by atoms with E-state index >= 15 is 0 Å². The van der Waals surface area contributed by atoms with Crippen LogP contribution < -0.4 is 10.5 Å². The molecule has 1 saturated heterocycles. The van der Waals surface area contributed by atoms with Gasteiger partial charge in [0.05, 0.1) is 11.3 Å². The zero-order valence-corrected chi connectivity index (χ0v) is 20.4. The summed E-state index contributed by atoms with van der Waals surface area (Å²) in [4.78, 5) is 27.6. The van der Waals surface area contributed by atoms with Crippen LogP contribution in [0.15, 0.2) is 60.0 Å². The zero-order chi connectivity index (χ0) is 25.5. The summed E-state index contributed by atoms with van der Waals surface area (Å²) in [5.74, 6) is -0.443. The van der Waals surface area contributed by atoms with E-state index in [0.29, 0.717) is 30.8 Å². The number of amides is 2. The number of benzene rings is 2. The molecule has 1 aliphatic rings. The molecule has 1 heterocycles. The van der Waals surface area contributed by atoms with Gasteiger partial charge in [-0.15, -0.1) is 0 Å².